The van der Waals surface area contributed by atoms with Crippen molar-refractivity contribution in [3.8, 4) is 0 Å². The summed E-state index contributed by atoms with van der Waals surface area (Å²) in [6.45, 7) is 0. The van der Waals surface area contributed by atoms with Crippen LogP contribution in [0.3, 0.4) is 0 Å². The van der Waals surface area contributed by atoms with E-state index in [2.05, 4.69) is 0 Å². The third kappa shape index (κ3) is 0.700. The molecule has 0 radical (unpaired) electrons. The highest BCUT2D eigenvalue weighted by molar-refractivity contribution is 7.60. The van der Waals surface area contributed by atoms with Gasteiger partial charge < -0.3 is 0 Å². The fourth-order valence-corrected chi connectivity index (χ4v) is 3.44. The van der Waals surface area contributed by atoms with Gasteiger partial charge >= 0.3 is 0 Å². The Hall–Kier alpha value is 0.430. The molecule has 0 atom stereocenters. The lowest BCUT2D eigenvalue weighted by Gasteiger charge is -2.25. The Morgan fingerprint density at radius 1 is 1.14 bits per heavy atom. The van der Waals surface area contributed by atoms with Gasteiger partial charge in [0.25, 0.3) is 0 Å². The zero-order valence-electron chi connectivity index (χ0n) is 4.56. The summed E-state index contributed by atoms with van der Waals surface area (Å²) in [5, 5.41) is 0. The molecule has 2 fully saturated rings. The fraction of sp³-hybridized carbons (Fsp3) is 1.00. The molecule has 7 heavy (non-hydrogen) atoms. The monoisotopic (exact) mass is 114 g/mol. The highest BCUT2D eigenvalue weighted by atomic mass is 31.1. The van der Waals surface area contributed by atoms with Gasteiger partial charge in [-0.15, -0.1) is 7.92 Å². The molecular formula is C6H11P. The molecule has 0 aromatic carbocycles. The minimum absolute atomic E-state index is 0.654. The number of hydrogen-bond donors (Lipinski definition) is 0. The Morgan fingerprint density at radius 3 is 2.00 bits per heavy atom. The minimum atomic E-state index is 0.654. The largest absolute Gasteiger partial charge is 0.104 e. The Kier molecular flexibility index (Phi) is 0.896. The summed E-state index contributed by atoms with van der Waals surface area (Å²) in [5.41, 5.74) is 1.27. The van der Waals surface area contributed by atoms with Gasteiger partial charge in [-0.25, -0.2) is 0 Å². The first-order chi connectivity index (χ1) is 3.47. The van der Waals surface area contributed by atoms with Crippen molar-refractivity contribution in [2.75, 3.05) is 12.3 Å². The molecule has 1 aliphatic carbocycles. The summed E-state index contributed by atoms with van der Waals surface area (Å²) in [7, 11) is 0.654. The van der Waals surface area contributed by atoms with Crippen molar-refractivity contribution in [1.82, 2.24) is 0 Å². The van der Waals surface area contributed by atoms with Crippen molar-refractivity contribution in [2.45, 2.75) is 24.9 Å². The molecule has 0 spiro atoms. The number of hydrogen-bond acceptors (Lipinski definition) is 0. The zero-order valence-corrected chi connectivity index (χ0v) is 5.45. The van der Waals surface area contributed by atoms with Crippen LogP contribution in [0, 0.1) is 0 Å². The van der Waals surface area contributed by atoms with E-state index in [0.717, 1.165) is 0 Å². The van der Waals surface area contributed by atoms with Crippen LogP contribution < -0.4 is 0 Å². The molecule has 0 amide bonds. The molecule has 1 heteroatoms. The van der Waals surface area contributed by atoms with Crippen LogP contribution in [0.25, 0.3) is 0 Å². The molecule has 0 N–H and O–H groups in total. The van der Waals surface area contributed by atoms with E-state index in [9.17, 15) is 0 Å². The molecule has 1 aliphatic heterocycles. The van der Waals surface area contributed by atoms with Gasteiger partial charge in [0.2, 0.25) is 0 Å². The summed E-state index contributed by atoms with van der Waals surface area (Å²) in [4.78, 5) is 0. The molecule has 0 unspecified atom stereocenters. The Bertz CT molecular complexity index is 72.2. The Morgan fingerprint density at radius 2 is 1.86 bits per heavy atom. The van der Waals surface area contributed by atoms with Crippen molar-refractivity contribution >= 4 is 7.92 Å². The lowest BCUT2D eigenvalue weighted by atomic mass is 10.5. The average Bonchev–Trinajstić information content (AvgIpc) is 2.10. The standard InChI is InChI=1S/C6H11P/c1-4-7(5-1)6-2-3-6/h6H,1-5H2. The van der Waals surface area contributed by atoms with Crippen molar-refractivity contribution in [2.24, 2.45) is 0 Å². The quantitative estimate of drug-likeness (QED) is 0.457. The smallest absolute Gasteiger partial charge is 0.0209 e. The van der Waals surface area contributed by atoms with Gasteiger partial charge in [0.15, 0.2) is 0 Å². The van der Waals surface area contributed by atoms with Gasteiger partial charge in [-0.3, -0.25) is 0 Å². The molecule has 0 nitrogen and oxygen atoms in total. The third-order valence-electron chi connectivity index (χ3n) is 1.95. The van der Waals surface area contributed by atoms with Crippen LogP contribution in [0.4, 0.5) is 0 Å². The van der Waals surface area contributed by atoms with E-state index in [-0.39, 0.29) is 0 Å². The van der Waals surface area contributed by atoms with Crippen LogP contribution in [-0.2, 0) is 0 Å². The van der Waals surface area contributed by atoms with Crippen molar-refractivity contribution in [1.29, 1.82) is 0 Å². The van der Waals surface area contributed by atoms with Gasteiger partial charge in [-0.2, -0.15) is 0 Å². The maximum Gasteiger partial charge on any atom is -0.0209 e. The van der Waals surface area contributed by atoms with Crippen molar-refractivity contribution in [3.05, 3.63) is 0 Å². The van der Waals surface area contributed by atoms with Crippen LogP contribution >= 0.6 is 7.92 Å². The van der Waals surface area contributed by atoms with Gasteiger partial charge in [0.1, 0.15) is 0 Å². The van der Waals surface area contributed by atoms with Gasteiger partial charge in [-0.05, 0) is 37.2 Å². The lowest BCUT2D eigenvalue weighted by molar-refractivity contribution is 1.01. The Labute approximate surface area is 46.1 Å². The van der Waals surface area contributed by atoms with Gasteiger partial charge in [0.05, 0.1) is 0 Å². The molecule has 40 valence electrons. The predicted molar refractivity (Wildman–Crippen MR) is 34.3 cm³/mol. The van der Waals surface area contributed by atoms with E-state index in [4.69, 9.17) is 0 Å². The highest BCUT2D eigenvalue weighted by Crippen LogP contribution is 2.59. The highest BCUT2D eigenvalue weighted by Gasteiger charge is 2.33. The van der Waals surface area contributed by atoms with Crippen LogP contribution in [0.5, 0.6) is 0 Å². The first kappa shape index (κ1) is 4.32. The molecule has 2 aliphatic rings. The maximum absolute atomic E-state index is 1.62. The van der Waals surface area contributed by atoms with Crippen molar-refractivity contribution in [3.63, 3.8) is 0 Å². The molecule has 2 rings (SSSR count). The van der Waals surface area contributed by atoms with E-state index >= 15 is 0 Å². The fourth-order valence-electron chi connectivity index (χ4n) is 1.15. The summed E-state index contributed by atoms with van der Waals surface area (Å²) >= 11 is 0. The zero-order chi connectivity index (χ0) is 4.69. The second-order valence-corrected chi connectivity index (χ2v) is 5.42. The summed E-state index contributed by atoms with van der Waals surface area (Å²) in [5.74, 6) is 0. The summed E-state index contributed by atoms with van der Waals surface area (Å²) in [6, 6.07) is 0. The molecule has 1 saturated carbocycles. The first-order valence-electron chi connectivity index (χ1n) is 3.21. The van der Waals surface area contributed by atoms with E-state index in [0.29, 0.717) is 7.92 Å². The first-order valence-corrected chi connectivity index (χ1v) is 4.99. The molecule has 1 heterocycles. The molecule has 0 bridgehead atoms. The molecule has 0 aromatic rings. The normalized spacial score (nSPS) is 32.6. The second kappa shape index (κ2) is 1.45. The van der Waals surface area contributed by atoms with Crippen LogP contribution in [0.15, 0.2) is 0 Å². The van der Waals surface area contributed by atoms with Gasteiger partial charge in [0, 0.05) is 0 Å². The average molecular weight is 114 g/mol. The predicted octanol–water partition coefficient (Wildman–Crippen LogP) is 2.03. The SMILES string of the molecule is C1CP(C2CC2)C1. The molecular weight excluding hydrogens is 103 g/mol. The topological polar surface area (TPSA) is 0 Å². The van der Waals surface area contributed by atoms with E-state index in [1.54, 1.807) is 31.6 Å². The molecule has 0 aromatic heterocycles. The Balaban J connectivity index is 1.83. The van der Waals surface area contributed by atoms with Crippen LogP contribution in [0.1, 0.15) is 19.3 Å². The summed E-state index contributed by atoms with van der Waals surface area (Å²) in [6.07, 6.45) is 7.99. The molecule has 1 saturated heterocycles. The lowest BCUT2D eigenvalue weighted by Crippen LogP contribution is -2.06. The van der Waals surface area contributed by atoms with Crippen LogP contribution in [0.2, 0.25) is 0 Å². The van der Waals surface area contributed by atoms with Crippen molar-refractivity contribution < 1.29 is 0 Å². The second-order valence-electron chi connectivity index (χ2n) is 2.62. The van der Waals surface area contributed by atoms with E-state index < -0.39 is 0 Å². The van der Waals surface area contributed by atoms with E-state index in [1.165, 1.54) is 5.66 Å². The van der Waals surface area contributed by atoms with E-state index in [1.807, 2.05) is 0 Å². The summed E-state index contributed by atoms with van der Waals surface area (Å²) < 4.78 is 0. The minimum Gasteiger partial charge on any atom is -0.104 e. The third-order valence-corrected chi connectivity index (χ3v) is 5.28. The van der Waals surface area contributed by atoms with Crippen LogP contribution in [-0.4, -0.2) is 18.0 Å². The maximum atomic E-state index is 1.62. The number of rotatable bonds is 1. The van der Waals surface area contributed by atoms with Gasteiger partial charge in [-0.1, -0.05) is 0 Å².